The lowest BCUT2D eigenvalue weighted by Gasteiger charge is -2.13. The van der Waals surface area contributed by atoms with Crippen molar-refractivity contribution in [2.24, 2.45) is 0 Å². The van der Waals surface area contributed by atoms with Gasteiger partial charge in [-0.15, -0.1) is 0 Å². The minimum absolute atomic E-state index is 0.0655. The lowest BCUT2D eigenvalue weighted by atomic mass is 10.2. The summed E-state index contributed by atoms with van der Waals surface area (Å²) in [6.45, 7) is 3.98. The first-order valence-corrected chi connectivity index (χ1v) is 8.70. The van der Waals surface area contributed by atoms with Crippen LogP contribution in [0.15, 0.2) is 36.5 Å². The highest BCUT2D eigenvalue weighted by atomic mass is 32.1. The molecule has 2 heterocycles. The zero-order chi connectivity index (χ0) is 20.3. The minimum Gasteiger partial charge on any atom is -0.333 e. The van der Waals surface area contributed by atoms with Crippen LogP contribution in [0, 0.1) is 17.0 Å². The Hall–Kier alpha value is -3.47. The molecule has 2 N–H and O–H groups in total. The molecule has 0 aliphatic carbocycles. The van der Waals surface area contributed by atoms with E-state index in [1.807, 2.05) is 0 Å². The summed E-state index contributed by atoms with van der Waals surface area (Å²) >= 11 is 4.03. The molecule has 3 aromatic rings. The van der Waals surface area contributed by atoms with Crippen LogP contribution < -0.4 is 10.6 Å². The number of nitro groups is 1. The Kier molecular flexibility index (Phi) is 5.54. The molecule has 0 saturated heterocycles. The first-order valence-electron chi connectivity index (χ1n) is 8.30. The van der Waals surface area contributed by atoms with Gasteiger partial charge in [0.1, 0.15) is 17.0 Å². The molecule has 0 saturated carbocycles. The van der Waals surface area contributed by atoms with Gasteiger partial charge in [-0.2, -0.15) is 0 Å². The number of hydrogen-bond donors (Lipinski definition) is 3. The SMILES string of the molecule is CCN(S)C(=O)Nc1ccc2ncc(Nc3ccc(C)cc3[N+](=O)[O-])nc2n1. The maximum absolute atomic E-state index is 11.9. The fourth-order valence-corrected chi connectivity index (χ4v) is 2.43. The normalized spacial score (nSPS) is 10.5. The van der Waals surface area contributed by atoms with Gasteiger partial charge in [0.25, 0.3) is 5.69 Å². The summed E-state index contributed by atoms with van der Waals surface area (Å²) in [7, 11) is 0. The van der Waals surface area contributed by atoms with Crippen molar-refractivity contribution in [2.75, 3.05) is 17.2 Å². The highest BCUT2D eigenvalue weighted by Gasteiger charge is 2.15. The van der Waals surface area contributed by atoms with Crippen LogP contribution in [0.1, 0.15) is 12.5 Å². The van der Waals surface area contributed by atoms with Gasteiger partial charge in [-0.25, -0.2) is 19.7 Å². The molecule has 0 fully saturated rings. The third-order valence-electron chi connectivity index (χ3n) is 3.79. The first kappa shape index (κ1) is 19.3. The average molecular weight is 399 g/mol. The minimum atomic E-state index is -0.466. The molecule has 0 unspecified atom stereocenters. The summed E-state index contributed by atoms with van der Waals surface area (Å²) < 4.78 is 1.20. The number of rotatable bonds is 5. The van der Waals surface area contributed by atoms with E-state index in [9.17, 15) is 14.9 Å². The van der Waals surface area contributed by atoms with Gasteiger partial charge in [0.15, 0.2) is 11.5 Å². The molecule has 0 aliphatic heterocycles. The fraction of sp³-hybridized carbons (Fsp3) is 0.176. The number of nitro benzene ring substituents is 1. The van der Waals surface area contributed by atoms with Gasteiger partial charge in [-0.1, -0.05) is 18.9 Å². The lowest BCUT2D eigenvalue weighted by Crippen LogP contribution is -2.27. The van der Waals surface area contributed by atoms with E-state index in [0.29, 0.717) is 23.6 Å². The van der Waals surface area contributed by atoms with Crippen molar-refractivity contribution < 1.29 is 9.72 Å². The van der Waals surface area contributed by atoms with E-state index in [2.05, 4.69) is 38.4 Å². The number of anilines is 3. The molecule has 3 rings (SSSR count). The number of carbonyl (C=O) groups excluding carboxylic acids is 1. The molecule has 144 valence electrons. The number of carbonyl (C=O) groups is 1. The van der Waals surface area contributed by atoms with Gasteiger partial charge in [0, 0.05) is 12.6 Å². The highest BCUT2D eigenvalue weighted by Crippen LogP contribution is 2.28. The van der Waals surface area contributed by atoms with E-state index >= 15 is 0 Å². The summed E-state index contributed by atoms with van der Waals surface area (Å²) in [5.41, 5.74) is 1.79. The Bertz CT molecular complexity index is 1060. The van der Waals surface area contributed by atoms with Crippen molar-refractivity contribution in [1.82, 2.24) is 19.3 Å². The number of nitrogens with zero attached hydrogens (tertiary/aromatic N) is 5. The van der Waals surface area contributed by atoms with Gasteiger partial charge in [-0.05, 0) is 37.6 Å². The fourth-order valence-electron chi connectivity index (χ4n) is 2.38. The monoisotopic (exact) mass is 399 g/mol. The van der Waals surface area contributed by atoms with Gasteiger partial charge >= 0.3 is 6.03 Å². The van der Waals surface area contributed by atoms with Crippen molar-refractivity contribution in [3.05, 3.63) is 52.2 Å². The second-order valence-corrected chi connectivity index (χ2v) is 6.33. The molecule has 0 atom stereocenters. The second-order valence-electron chi connectivity index (χ2n) is 5.84. The zero-order valence-electron chi connectivity index (χ0n) is 15.1. The van der Waals surface area contributed by atoms with Crippen LogP contribution in [0.25, 0.3) is 11.2 Å². The summed E-state index contributed by atoms with van der Waals surface area (Å²) in [6.07, 6.45) is 1.46. The summed E-state index contributed by atoms with van der Waals surface area (Å²) in [4.78, 5) is 35.6. The predicted molar refractivity (Wildman–Crippen MR) is 109 cm³/mol. The Morgan fingerprint density at radius 2 is 2.00 bits per heavy atom. The molecule has 2 amide bonds. The van der Waals surface area contributed by atoms with E-state index in [-0.39, 0.29) is 17.2 Å². The number of nitrogens with one attached hydrogen (secondary N) is 2. The van der Waals surface area contributed by atoms with Crippen molar-refractivity contribution >= 4 is 53.0 Å². The molecular formula is C17H17N7O3S. The zero-order valence-corrected chi connectivity index (χ0v) is 16.0. The van der Waals surface area contributed by atoms with E-state index in [1.165, 1.54) is 16.6 Å². The van der Waals surface area contributed by atoms with Crippen LogP contribution in [0.4, 0.5) is 27.8 Å². The number of aromatic nitrogens is 3. The van der Waals surface area contributed by atoms with Crippen LogP contribution in [-0.4, -0.2) is 36.8 Å². The van der Waals surface area contributed by atoms with Crippen molar-refractivity contribution in [1.29, 1.82) is 0 Å². The Morgan fingerprint density at radius 3 is 2.71 bits per heavy atom. The van der Waals surface area contributed by atoms with Crippen molar-refractivity contribution in [3.63, 3.8) is 0 Å². The van der Waals surface area contributed by atoms with Crippen LogP contribution in [-0.2, 0) is 0 Å². The summed E-state index contributed by atoms with van der Waals surface area (Å²) in [6, 6.07) is 7.68. The van der Waals surface area contributed by atoms with Gasteiger partial charge in [0.05, 0.1) is 11.1 Å². The van der Waals surface area contributed by atoms with Crippen molar-refractivity contribution in [3.8, 4) is 0 Å². The number of amides is 2. The lowest BCUT2D eigenvalue weighted by molar-refractivity contribution is -0.384. The van der Waals surface area contributed by atoms with Gasteiger partial charge < -0.3 is 5.32 Å². The van der Waals surface area contributed by atoms with Crippen LogP contribution in [0.2, 0.25) is 0 Å². The standard InChI is InChI=1S/C17H17N7O3S/c1-3-23(28)17(25)22-14-7-6-12-16(20-14)21-15(9-18-12)19-11-5-4-10(2)8-13(11)24(26)27/h4-9,28H,3H2,1-2H3,(H2,19,20,21,22,25). The second kappa shape index (κ2) is 8.05. The van der Waals surface area contributed by atoms with E-state index < -0.39 is 11.0 Å². The number of aryl methyl sites for hydroxylation is 1. The molecule has 2 aromatic heterocycles. The highest BCUT2D eigenvalue weighted by molar-refractivity contribution is 7.78. The molecule has 0 aliphatic rings. The van der Waals surface area contributed by atoms with Gasteiger partial charge in [-0.3, -0.25) is 19.7 Å². The number of benzene rings is 1. The summed E-state index contributed by atoms with van der Waals surface area (Å²) in [5, 5.41) is 16.8. The molecule has 11 heteroatoms. The Morgan fingerprint density at radius 1 is 1.25 bits per heavy atom. The molecule has 1 aromatic carbocycles. The third-order valence-corrected chi connectivity index (χ3v) is 4.25. The first-order chi connectivity index (χ1) is 13.4. The Balaban J connectivity index is 1.89. The molecular weight excluding hydrogens is 382 g/mol. The molecule has 0 radical (unpaired) electrons. The topological polar surface area (TPSA) is 126 Å². The molecule has 0 bridgehead atoms. The number of urea groups is 1. The quantitative estimate of drug-likeness (QED) is 0.339. The maximum atomic E-state index is 11.9. The third kappa shape index (κ3) is 4.26. The van der Waals surface area contributed by atoms with Gasteiger partial charge in [0.2, 0.25) is 0 Å². The van der Waals surface area contributed by atoms with Crippen molar-refractivity contribution in [2.45, 2.75) is 13.8 Å². The Labute approximate surface area is 165 Å². The number of hydrogen-bond acceptors (Lipinski definition) is 8. The van der Waals surface area contributed by atoms with Crippen LogP contribution in [0.5, 0.6) is 0 Å². The largest absolute Gasteiger partial charge is 0.333 e. The number of pyridine rings is 1. The predicted octanol–water partition coefficient (Wildman–Crippen LogP) is 3.68. The molecule has 28 heavy (non-hydrogen) atoms. The van der Waals surface area contributed by atoms with E-state index in [4.69, 9.17) is 0 Å². The smallest absolute Gasteiger partial charge is 0.332 e. The number of thiol groups is 1. The molecule has 0 spiro atoms. The molecule has 10 nitrogen and oxygen atoms in total. The summed E-state index contributed by atoms with van der Waals surface area (Å²) in [5.74, 6) is 0.581. The van der Waals surface area contributed by atoms with Crippen LogP contribution in [0.3, 0.4) is 0 Å². The number of fused-ring (bicyclic) bond motifs is 1. The average Bonchev–Trinajstić information content (AvgIpc) is 2.68. The van der Waals surface area contributed by atoms with E-state index in [0.717, 1.165) is 5.56 Å². The van der Waals surface area contributed by atoms with Crippen LogP contribution >= 0.6 is 12.8 Å². The van der Waals surface area contributed by atoms with E-state index in [1.54, 1.807) is 38.1 Å². The maximum Gasteiger partial charge on any atom is 0.332 e.